The van der Waals surface area contributed by atoms with Crippen LogP contribution in [0.25, 0.3) is 0 Å². The molecule has 3 atom stereocenters. The van der Waals surface area contributed by atoms with Crippen molar-refractivity contribution in [3.8, 4) is 0 Å². The number of hydrogen-bond acceptors (Lipinski definition) is 5. The second-order valence-corrected chi connectivity index (χ2v) is 14.1. The van der Waals surface area contributed by atoms with Gasteiger partial charge in [-0.15, -0.1) is 0 Å². The Morgan fingerprint density at radius 1 is 0.577 bits per heavy atom. The summed E-state index contributed by atoms with van der Waals surface area (Å²) >= 11 is 0. The normalized spacial score (nSPS) is 14.2. The summed E-state index contributed by atoms with van der Waals surface area (Å²) in [6, 6.07) is -0.725. The summed E-state index contributed by atoms with van der Waals surface area (Å²) in [6.07, 6.45) is 48.2. The van der Waals surface area contributed by atoms with Crippen LogP contribution in [0, 0.1) is 0 Å². The average molecular weight is 726 g/mol. The van der Waals surface area contributed by atoms with E-state index in [1.54, 1.807) is 0 Å². The number of unbranched alkanes of at least 4 members (excludes halogenated alkanes) is 16. The second-order valence-electron chi connectivity index (χ2n) is 14.1. The molecule has 298 valence electrons. The van der Waals surface area contributed by atoms with E-state index in [0.29, 0.717) is 19.3 Å². The molecular formula is C46H79NO5. The van der Waals surface area contributed by atoms with Crippen LogP contribution in [0.3, 0.4) is 0 Å². The summed E-state index contributed by atoms with van der Waals surface area (Å²) in [4.78, 5) is 25.8. The molecule has 0 heterocycles. The van der Waals surface area contributed by atoms with Gasteiger partial charge in [0.15, 0.2) is 0 Å². The topological polar surface area (TPSA) is 95.9 Å². The zero-order chi connectivity index (χ0) is 38.2. The maximum Gasteiger partial charge on any atom is 0.306 e. The highest BCUT2D eigenvalue weighted by atomic mass is 16.5. The number of allylic oxidation sites excluding steroid dienone is 12. The number of aliphatic hydroxyl groups is 2. The summed E-state index contributed by atoms with van der Waals surface area (Å²) in [6.45, 7) is 6.21. The Balaban J connectivity index is 4.79. The fourth-order valence-corrected chi connectivity index (χ4v) is 5.93. The Hall–Kier alpha value is -2.70. The van der Waals surface area contributed by atoms with Gasteiger partial charge in [0, 0.05) is 6.42 Å². The molecule has 0 aromatic heterocycles. The SMILES string of the molecule is CC/C=C/C=C/C=C\C=C/C=C/CCCC(CC(=O)NC(CO)C(O)CCCCCCCCCCCC)OC(=O)CCCCCCC/C=C\CCC. The van der Waals surface area contributed by atoms with Gasteiger partial charge in [0.1, 0.15) is 6.10 Å². The van der Waals surface area contributed by atoms with Crippen LogP contribution in [0.15, 0.2) is 72.9 Å². The quantitative estimate of drug-likeness (QED) is 0.0259. The lowest BCUT2D eigenvalue weighted by Crippen LogP contribution is -2.46. The van der Waals surface area contributed by atoms with E-state index in [0.717, 1.165) is 77.0 Å². The van der Waals surface area contributed by atoms with Gasteiger partial charge in [-0.25, -0.2) is 0 Å². The number of esters is 1. The van der Waals surface area contributed by atoms with Crippen LogP contribution in [0.4, 0.5) is 0 Å². The predicted octanol–water partition coefficient (Wildman–Crippen LogP) is 11.9. The zero-order valence-corrected chi connectivity index (χ0v) is 33.7. The molecule has 0 fully saturated rings. The molecule has 0 spiro atoms. The van der Waals surface area contributed by atoms with Gasteiger partial charge in [-0.2, -0.15) is 0 Å². The third kappa shape index (κ3) is 34.4. The number of amides is 1. The highest BCUT2D eigenvalue weighted by Gasteiger charge is 2.23. The van der Waals surface area contributed by atoms with E-state index in [2.05, 4.69) is 50.4 Å². The molecule has 0 aromatic rings. The molecule has 0 bridgehead atoms. The molecule has 0 rings (SSSR count). The van der Waals surface area contributed by atoms with Crippen molar-refractivity contribution < 1.29 is 24.5 Å². The van der Waals surface area contributed by atoms with Crippen molar-refractivity contribution in [2.24, 2.45) is 0 Å². The zero-order valence-electron chi connectivity index (χ0n) is 33.7. The molecule has 0 aliphatic rings. The van der Waals surface area contributed by atoms with Gasteiger partial charge in [0.25, 0.3) is 0 Å². The molecule has 3 N–H and O–H groups in total. The van der Waals surface area contributed by atoms with Crippen LogP contribution in [-0.2, 0) is 14.3 Å². The van der Waals surface area contributed by atoms with E-state index in [4.69, 9.17) is 4.74 Å². The van der Waals surface area contributed by atoms with E-state index in [9.17, 15) is 19.8 Å². The number of carbonyl (C=O) groups is 2. The number of carbonyl (C=O) groups excluding carboxylic acids is 2. The minimum Gasteiger partial charge on any atom is -0.462 e. The van der Waals surface area contributed by atoms with E-state index in [-0.39, 0.29) is 24.9 Å². The Bertz CT molecular complexity index is 995. The number of aliphatic hydroxyl groups excluding tert-OH is 2. The Kier molecular flexibility index (Phi) is 37.5. The van der Waals surface area contributed by atoms with Gasteiger partial charge in [-0.05, 0) is 57.8 Å². The molecule has 3 unspecified atom stereocenters. The molecule has 52 heavy (non-hydrogen) atoms. The van der Waals surface area contributed by atoms with Crippen LogP contribution >= 0.6 is 0 Å². The van der Waals surface area contributed by atoms with E-state index in [1.165, 1.54) is 57.8 Å². The summed E-state index contributed by atoms with van der Waals surface area (Å²) < 4.78 is 5.83. The summed E-state index contributed by atoms with van der Waals surface area (Å²) in [5.41, 5.74) is 0. The lowest BCUT2D eigenvalue weighted by Gasteiger charge is -2.24. The molecule has 0 aliphatic heterocycles. The van der Waals surface area contributed by atoms with Crippen LogP contribution in [-0.4, -0.2) is 46.9 Å². The largest absolute Gasteiger partial charge is 0.462 e. The highest BCUT2D eigenvalue weighted by Crippen LogP contribution is 2.16. The number of hydrogen-bond donors (Lipinski definition) is 3. The molecule has 1 amide bonds. The van der Waals surface area contributed by atoms with Crippen molar-refractivity contribution >= 4 is 11.9 Å². The number of ether oxygens (including phenoxy) is 1. The smallest absolute Gasteiger partial charge is 0.306 e. The average Bonchev–Trinajstić information content (AvgIpc) is 3.13. The summed E-state index contributed by atoms with van der Waals surface area (Å²) in [5, 5.41) is 23.5. The van der Waals surface area contributed by atoms with Gasteiger partial charge >= 0.3 is 5.97 Å². The second kappa shape index (κ2) is 39.5. The molecule has 6 nitrogen and oxygen atoms in total. The first-order valence-electron chi connectivity index (χ1n) is 21.2. The molecule has 0 aliphatic carbocycles. The van der Waals surface area contributed by atoms with E-state index >= 15 is 0 Å². The maximum atomic E-state index is 13.1. The van der Waals surface area contributed by atoms with Gasteiger partial charge in [0.05, 0.1) is 25.2 Å². The fourth-order valence-electron chi connectivity index (χ4n) is 5.93. The van der Waals surface area contributed by atoms with Gasteiger partial charge < -0.3 is 20.3 Å². The van der Waals surface area contributed by atoms with Crippen LogP contribution in [0.1, 0.15) is 181 Å². The molecular weight excluding hydrogens is 647 g/mol. The van der Waals surface area contributed by atoms with Crippen molar-refractivity contribution in [3.63, 3.8) is 0 Å². The van der Waals surface area contributed by atoms with E-state index in [1.807, 2.05) is 48.6 Å². The van der Waals surface area contributed by atoms with Crippen LogP contribution in [0.2, 0.25) is 0 Å². The lowest BCUT2D eigenvalue weighted by molar-refractivity contribution is -0.151. The number of rotatable bonds is 36. The number of nitrogens with one attached hydrogen (secondary N) is 1. The van der Waals surface area contributed by atoms with Crippen molar-refractivity contribution in [2.45, 2.75) is 200 Å². The van der Waals surface area contributed by atoms with Crippen molar-refractivity contribution in [1.82, 2.24) is 5.32 Å². The maximum absolute atomic E-state index is 13.1. The van der Waals surface area contributed by atoms with Crippen molar-refractivity contribution in [3.05, 3.63) is 72.9 Å². The van der Waals surface area contributed by atoms with Gasteiger partial charge in [-0.3, -0.25) is 9.59 Å². The molecule has 0 saturated carbocycles. The van der Waals surface area contributed by atoms with Crippen LogP contribution < -0.4 is 5.32 Å². The minimum atomic E-state index is -0.807. The molecule has 0 aromatic carbocycles. The van der Waals surface area contributed by atoms with Crippen molar-refractivity contribution in [1.29, 1.82) is 0 Å². The summed E-state index contributed by atoms with van der Waals surface area (Å²) in [5.74, 6) is -0.569. The third-order valence-electron chi connectivity index (χ3n) is 9.13. The highest BCUT2D eigenvalue weighted by molar-refractivity contribution is 5.77. The lowest BCUT2D eigenvalue weighted by atomic mass is 10.0. The third-order valence-corrected chi connectivity index (χ3v) is 9.13. The molecule has 0 radical (unpaired) electrons. The van der Waals surface area contributed by atoms with Crippen LogP contribution in [0.5, 0.6) is 0 Å². The first-order chi connectivity index (χ1) is 25.5. The Morgan fingerprint density at radius 3 is 1.73 bits per heavy atom. The fraction of sp³-hybridized carbons (Fsp3) is 0.696. The standard InChI is InChI=1S/C46H79NO5/c1-4-7-10-13-16-19-22-23-24-25-28-31-34-37-42(52-46(51)39-36-33-30-27-21-18-15-12-9-6-3)40-45(50)47-43(41-48)44(49)38-35-32-29-26-20-17-14-11-8-5-2/h7,10,12-13,15-16,19,22-25,28,42-44,48-49H,4-6,8-9,11,14,17-18,20-21,26-27,29-41H2,1-3H3,(H,47,50)/b10-7+,15-12-,16-13+,22-19-,24-23-,28-25+. The minimum absolute atomic E-state index is 0.0220. The van der Waals surface area contributed by atoms with E-state index < -0.39 is 18.2 Å². The molecule has 6 heteroatoms. The first-order valence-corrected chi connectivity index (χ1v) is 21.2. The van der Waals surface area contributed by atoms with Gasteiger partial charge in [0.2, 0.25) is 5.91 Å². The van der Waals surface area contributed by atoms with Gasteiger partial charge in [-0.1, -0.05) is 184 Å². The Labute approximate surface area is 320 Å². The van der Waals surface area contributed by atoms with Crippen molar-refractivity contribution in [2.75, 3.05) is 6.61 Å². The Morgan fingerprint density at radius 2 is 1.12 bits per heavy atom. The predicted molar refractivity (Wildman–Crippen MR) is 222 cm³/mol. The molecule has 0 saturated heterocycles. The summed E-state index contributed by atoms with van der Waals surface area (Å²) in [7, 11) is 0. The monoisotopic (exact) mass is 726 g/mol. The first kappa shape index (κ1) is 49.3.